The SMILES string of the molecule is O=C(CN1CCN(CC(=O)N(Cc2ccccc2)c2nc3c(s2)CCCC3)CC1)N1CCCC1. The highest BCUT2D eigenvalue weighted by atomic mass is 32.1. The summed E-state index contributed by atoms with van der Waals surface area (Å²) in [6.07, 6.45) is 6.77. The third kappa shape index (κ3) is 5.67. The molecule has 2 aliphatic heterocycles. The van der Waals surface area contributed by atoms with Crippen molar-refractivity contribution in [3.8, 4) is 0 Å². The van der Waals surface area contributed by atoms with Crippen molar-refractivity contribution in [2.24, 2.45) is 0 Å². The van der Waals surface area contributed by atoms with Crippen LogP contribution in [0.25, 0.3) is 0 Å². The van der Waals surface area contributed by atoms with Crippen LogP contribution in [-0.2, 0) is 29.0 Å². The molecule has 3 aliphatic rings. The topological polar surface area (TPSA) is 60.0 Å². The minimum Gasteiger partial charge on any atom is -0.342 e. The number of rotatable bonds is 7. The van der Waals surface area contributed by atoms with E-state index in [1.807, 2.05) is 28.0 Å². The van der Waals surface area contributed by atoms with Crippen LogP contribution in [0, 0.1) is 0 Å². The molecule has 34 heavy (non-hydrogen) atoms. The van der Waals surface area contributed by atoms with Crippen molar-refractivity contribution in [3.63, 3.8) is 0 Å². The summed E-state index contributed by atoms with van der Waals surface area (Å²) in [4.78, 5) is 40.6. The van der Waals surface area contributed by atoms with E-state index < -0.39 is 0 Å². The summed E-state index contributed by atoms with van der Waals surface area (Å²) in [6.45, 7) is 6.55. The normalized spacial score (nSPS) is 19.2. The first-order valence-corrected chi connectivity index (χ1v) is 13.5. The highest BCUT2D eigenvalue weighted by molar-refractivity contribution is 7.15. The monoisotopic (exact) mass is 481 g/mol. The molecule has 2 saturated heterocycles. The number of nitrogens with zero attached hydrogens (tertiary/aromatic N) is 5. The summed E-state index contributed by atoms with van der Waals surface area (Å²) in [5, 5.41) is 0.843. The fourth-order valence-corrected chi connectivity index (χ4v) is 6.29. The van der Waals surface area contributed by atoms with E-state index in [0.29, 0.717) is 19.6 Å². The lowest BCUT2D eigenvalue weighted by Gasteiger charge is -2.35. The van der Waals surface area contributed by atoms with E-state index in [9.17, 15) is 9.59 Å². The Labute approximate surface area is 206 Å². The molecule has 0 saturated carbocycles. The number of anilines is 1. The molecular formula is C26H35N5O2S. The number of aryl methyl sites for hydroxylation is 2. The number of fused-ring (bicyclic) bond motifs is 1. The number of piperazine rings is 1. The Morgan fingerprint density at radius 1 is 0.853 bits per heavy atom. The van der Waals surface area contributed by atoms with E-state index in [0.717, 1.165) is 75.6 Å². The lowest BCUT2D eigenvalue weighted by atomic mass is 10.0. The molecule has 2 aromatic rings. The van der Waals surface area contributed by atoms with Crippen LogP contribution in [0.4, 0.5) is 5.13 Å². The Morgan fingerprint density at radius 3 is 2.24 bits per heavy atom. The van der Waals surface area contributed by atoms with Crippen LogP contribution in [-0.4, -0.2) is 83.9 Å². The Hall–Kier alpha value is -2.29. The van der Waals surface area contributed by atoms with Gasteiger partial charge < -0.3 is 4.90 Å². The van der Waals surface area contributed by atoms with Gasteiger partial charge in [-0.3, -0.25) is 24.3 Å². The maximum Gasteiger partial charge on any atom is 0.243 e. The number of likely N-dealkylation sites (tertiary alicyclic amines) is 1. The van der Waals surface area contributed by atoms with Gasteiger partial charge in [-0.25, -0.2) is 4.98 Å². The summed E-state index contributed by atoms with van der Waals surface area (Å²) in [7, 11) is 0. The Morgan fingerprint density at radius 2 is 1.53 bits per heavy atom. The van der Waals surface area contributed by atoms with E-state index >= 15 is 0 Å². The number of carbonyl (C=O) groups is 2. The molecule has 0 atom stereocenters. The molecule has 0 bridgehead atoms. The molecule has 0 N–H and O–H groups in total. The summed E-state index contributed by atoms with van der Waals surface area (Å²) in [6, 6.07) is 10.2. The highest BCUT2D eigenvalue weighted by Crippen LogP contribution is 2.32. The van der Waals surface area contributed by atoms with Crippen LogP contribution < -0.4 is 4.90 Å². The van der Waals surface area contributed by atoms with Gasteiger partial charge >= 0.3 is 0 Å². The van der Waals surface area contributed by atoms with Crippen molar-refractivity contribution in [3.05, 3.63) is 46.5 Å². The number of hydrogen-bond donors (Lipinski definition) is 0. The number of carbonyl (C=O) groups excluding carboxylic acids is 2. The maximum atomic E-state index is 13.5. The summed E-state index contributed by atoms with van der Waals surface area (Å²) >= 11 is 1.70. The third-order valence-electron chi connectivity index (χ3n) is 7.19. The largest absolute Gasteiger partial charge is 0.342 e. The minimum absolute atomic E-state index is 0.108. The number of amides is 2. The first-order valence-electron chi connectivity index (χ1n) is 12.7. The van der Waals surface area contributed by atoms with Gasteiger partial charge in [0.1, 0.15) is 0 Å². The van der Waals surface area contributed by atoms with Gasteiger partial charge in [0, 0.05) is 44.1 Å². The Kier molecular flexibility index (Phi) is 7.57. The molecule has 0 spiro atoms. The summed E-state index contributed by atoms with van der Waals surface area (Å²) in [5.41, 5.74) is 2.31. The van der Waals surface area contributed by atoms with Crippen LogP contribution in [0.15, 0.2) is 30.3 Å². The molecule has 2 fully saturated rings. The van der Waals surface area contributed by atoms with Gasteiger partial charge in [-0.15, -0.1) is 11.3 Å². The summed E-state index contributed by atoms with van der Waals surface area (Å²) in [5.74, 6) is 0.361. The van der Waals surface area contributed by atoms with Crippen molar-refractivity contribution in [1.82, 2.24) is 19.7 Å². The average Bonchev–Trinajstić information content (AvgIpc) is 3.54. The molecule has 5 rings (SSSR count). The Bertz CT molecular complexity index is 957. The second-order valence-corrected chi connectivity index (χ2v) is 10.7. The van der Waals surface area contributed by atoms with Crippen LogP contribution in [0.2, 0.25) is 0 Å². The number of aromatic nitrogens is 1. The van der Waals surface area contributed by atoms with Crippen LogP contribution in [0.5, 0.6) is 0 Å². The number of hydrogen-bond acceptors (Lipinski definition) is 6. The molecule has 0 unspecified atom stereocenters. The van der Waals surface area contributed by atoms with Gasteiger partial charge in [0.05, 0.1) is 25.3 Å². The van der Waals surface area contributed by atoms with E-state index in [2.05, 4.69) is 21.9 Å². The van der Waals surface area contributed by atoms with Crippen LogP contribution in [0.3, 0.4) is 0 Å². The molecule has 1 aliphatic carbocycles. The molecule has 1 aromatic heterocycles. The fraction of sp³-hybridized carbons (Fsp3) is 0.577. The molecule has 3 heterocycles. The van der Waals surface area contributed by atoms with Crippen molar-refractivity contribution >= 4 is 28.3 Å². The summed E-state index contributed by atoms with van der Waals surface area (Å²) < 4.78 is 0. The zero-order valence-corrected chi connectivity index (χ0v) is 20.8. The zero-order valence-electron chi connectivity index (χ0n) is 20.0. The lowest BCUT2D eigenvalue weighted by molar-refractivity contribution is -0.132. The highest BCUT2D eigenvalue weighted by Gasteiger charge is 2.28. The second kappa shape index (κ2) is 11.0. The van der Waals surface area contributed by atoms with Crippen molar-refractivity contribution in [1.29, 1.82) is 0 Å². The number of benzene rings is 1. The van der Waals surface area contributed by atoms with E-state index in [4.69, 9.17) is 4.98 Å². The maximum absolute atomic E-state index is 13.5. The molecular weight excluding hydrogens is 446 g/mol. The predicted molar refractivity (Wildman–Crippen MR) is 135 cm³/mol. The molecule has 8 heteroatoms. The fourth-order valence-electron chi connectivity index (χ4n) is 5.12. The van der Waals surface area contributed by atoms with Gasteiger partial charge in [0.25, 0.3) is 0 Å². The second-order valence-electron chi connectivity index (χ2n) is 9.68. The molecule has 182 valence electrons. The van der Waals surface area contributed by atoms with Crippen LogP contribution in [0.1, 0.15) is 41.8 Å². The van der Waals surface area contributed by atoms with Crippen molar-refractivity contribution in [2.45, 2.75) is 45.1 Å². The van der Waals surface area contributed by atoms with Gasteiger partial charge in [-0.1, -0.05) is 30.3 Å². The predicted octanol–water partition coefficient (Wildman–Crippen LogP) is 2.80. The van der Waals surface area contributed by atoms with E-state index in [1.165, 1.54) is 23.4 Å². The van der Waals surface area contributed by atoms with Crippen molar-refractivity contribution in [2.75, 3.05) is 57.3 Å². The standard InChI is InChI=1S/C26H35N5O2S/c32-24(30-12-6-7-13-30)19-28-14-16-29(17-15-28)20-25(33)31(18-21-8-2-1-3-9-21)26-27-22-10-4-5-11-23(22)34-26/h1-3,8-9H,4-7,10-20H2. The lowest BCUT2D eigenvalue weighted by Crippen LogP contribution is -2.52. The van der Waals surface area contributed by atoms with E-state index in [-0.39, 0.29) is 11.8 Å². The van der Waals surface area contributed by atoms with Crippen molar-refractivity contribution < 1.29 is 9.59 Å². The Balaban J connectivity index is 1.20. The van der Waals surface area contributed by atoms with Crippen LogP contribution >= 0.6 is 11.3 Å². The third-order valence-corrected chi connectivity index (χ3v) is 8.37. The van der Waals surface area contributed by atoms with Gasteiger partial charge in [0.2, 0.25) is 11.8 Å². The molecule has 0 radical (unpaired) electrons. The van der Waals surface area contributed by atoms with Gasteiger partial charge in [0.15, 0.2) is 5.13 Å². The zero-order chi connectivity index (χ0) is 23.3. The van der Waals surface area contributed by atoms with E-state index in [1.54, 1.807) is 11.3 Å². The number of thiazole rings is 1. The molecule has 2 amide bonds. The molecule has 7 nitrogen and oxygen atoms in total. The first-order chi connectivity index (χ1) is 16.7. The average molecular weight is 482 g/mol. The van der Waals surface area contributed by atoms with Gasteiger partial charge in [-0.05, 0) is 44.1 Å². The quantitative estimate of drug-likeness (QED) is 0.609. The first kappa shape index (κ1) is 23.5. The smallest absolute Gasteiger partial charge is 0.243 e. The van der Waals surface area contributed by atoms with Gasteiger partial charge in [-0.2, -0.15) is 0 Å². The molecule has 1 aromatic carbocycles. The minimum atomic E-state index is 0.108.